The molecule has 2 rings (SSSR count). The van der Waals surface area contributed by atoms with Crippen molar-refractivity contribution in [3.63, 3.8) is 0 Å². The van der Waals surface area contributed by atoms with Crippen molar-refractivity contribution in [2.45, 2.75) is 57.6 Å². The summed E-state index contributed by atoms with van der Waals surface area (Å²) < 4.78 is 0. The zero-order chi connectivity index (χ0) is 9.97. The van der Waals surface area contributed by atoms with Gasteiger partial charge in [0.25, 0.3) is 0 Å². The Hall–Kier alpha value is -0.0800. The van der Waals surface area contributed by atoms with E-state index < -0.39 is 0 Å². The summed E-state index contributed by atoms with van der Waals surface area (Å²) in [5.41, 5.74) is 0. The molecule has 2 heteroatoms. The lowest BCUT2D eigenvalue weighted by Crippen LogP contribution is -2.38. The Morgan fingerprint density at radius 3 is 2.79 bits per heavy atom. The van der Waals surface area contributed by atoms with Crippen molar-refractivity contribution >= 4 is 0 Å². The maximum absolute atomic E-state index is 9.64. The molecule has 82 valence electrons. The molecule has 0 amide bonds. The second-order valence-corrected chi connectivity index (χ2v) is 5.03. The molecule has 3 atom stereocenters. The van der Waals surface area contributed by atoms with Gasteiger partial charge in [-0.2, -0.15) is 0 Å². The first kappa shape index (κ1) is 10.4. The Morgan fingerprint density at radius 2 is 2.14 bits per heavy atom. The average molecular weight is 197 g/mol. The second kappa shape index (κ2) is 4.63. The van der Waals surface area contributed by atoms with Crippen LogP contribution in [0.4, 0.5) is 0 Å². The van der Waals surface area contributed by atoms with E-state index in [4.69, 9.17) is 0 Å². The zero-order valence-corrected chi connectivity index (χ0v) is 9.28. The summed E-state index contributed by atoms with van der Waals surface area (Å²) in [7, 11) is 0. The van der Waals surface area contributed by atoms with Crippen molar-refractivity contribution in [2.24, 2.45) is 5.92 Å². The molecule has 3 unspecified atom stereocenters. The molecular weight excluding hydrogens is 174 g/mol. The van der Waals surface area contributed by atoms with E-state index in [1.165, 1.54) is 38.8 Å². The maximum atomic E-state index is 9.64. The molecular formula is C12H23NO. The van der Waals surface area contributed by atoms with Gasteiger partial charge in [0.05, 0.1) is 6.10 Å². The number of rotatable bonds is 2. The van der Waals surface area contributed by atoms with E-state index in [-0.39, 0.29) is 6.10 Å². The number of nitrogens with zero attached hydrogens (tertiary/aromatic N) is 1. The number of aliphatic hydroxyl groups excluding tert-OH is 1. The van der Waals surface area contributed by atoms with Gasteiger partial charge in [-0.15, -0.1) is 0 Å². The van der Waals surface area contributed by atoms with Gasteiger partial charge in [0.1, 0.15) is 0 Å². The molecule has 2 fully saturated rings. The zero-order valence-electron chi connectivity index (χ0n) is 9.28. The minimum absolute atomic E-state index is 0.0190. The third-order valence-corrected chi connectivity index (χ3v) is 4.03. The first-order valence-corrected chi connectivity index (χ1v) is 6.21. The van der Waals surface area contributed by atoms with Gasteiger partial charge in [0.15, 0.2) is 0 Å². The Morgan fingerprint density at radius 1 is 1.29 bits per heavy atom. The van der Waals surface area contributed by atoms with Crippen LogP contribution in [0.5, 0.6) is 0 Å². The number of likely N-dealkylation sites (tertiary alicyclic amines) is 1. The van der Waals surface area contributed by atoms with Crippen LogP contribution >= 0.6 is 0 Å². The van der Waals surface area contributed by atoms with Gasteiger partial charge in [-0.05, 0) is 44.6 Å². The van der Waals surface area contributed by atoms with Crippen molar-refractivity contribution in [1.82, 2.24) is 4.90 Å². The average Bonchev–Trinajstić information content (AvgIpc) is 2.66. The van der Waals surface area contributed by atoms with E-state index in [2.05, 4.69) is 11.8 Å². The molecule has 0 radical (unpaired) electrons. The van der Waals surface area contributed by atoms with E-state index in [0.717, 1.165) is 18.8 Å². The molecule has 0 aromatic carbocycles. The molecule has 1 aliphatic carbocycles. The van der Waals surface area contributed by atoms with Gasteiger partial charge in [0.2, 0.25) is 0 Å². The molecule has 1 saturated carbocycles. The van der Waals surface area contributed by atoms with Crippen LogP contribution < -0.4 is 0 Å². The lowest BCUT2D eigenvalue weighted by molar-refractivity contribution is 0.0705. The lowest BCUT2D eigenvalue weighted by Gasteiger charge is -2.33. The third kappa shape index (κ3) is 2.29. The number of hydrogen-bond acceptors (Lipinski definition) is 2. The Balaban J connectivity index is 1.83. The fourth-order valence-electron chi connectivity index (χ4n) is 3.00. The van der Waals surface area contributed by atoms with Gasteiger partial charge in [-0.1, -0.05) is 13.3 Å². The first-order valence-electron chi connectivity index (χ1n) is 6.21. The SMILES string of the molecule is CCC1CCN(C2CCCC(O)C2)C1. The van der Waals surface area contributed by atoms with Gasteiger partial charge in [0, 0.05) is 12.6 Å². The van der Waals surface area contributed by atoms with Crippen LogP contribution in [0.3, 0.4) is 0 Å². The van der Waals surface area contributed by atoms with Crippen LogP contribution in [0.1, 0.15) is 45.4 Å². The Kier molecular flexibility index (Phi) is 3.45. The van der Waals surface area contributed by atoms with Crippen molar-refractivity contribution in [3.05, 3.63) is 0 Å². The van der Waals surface area contributed by atoms with E-state index in [0.29, 0.717) is 6.04 Å². The predicted octanol–water partition coefficient (Wildman–Crippen LogP) is 2.02. The van der Waals surface area contributed by atoms with E-state index >= 15 is 0 Å². The monoisotopic (exact) mass is 197 g/mol. The summed E-state index contributed by atoms with van der Waals surface area (Å²) in [5.74, 6) is 0.925. The molecule has 0 bridgehead atoms. The van der Waals surface area contributed by atoms with Crippen LogP contribution in [0.2, 0.25) is 0 Å². The summed E-state index contributed by atoms with van der Waals surface area (Å²) in [6, 6.07) is 0.690. The molecule has 1 saturated heterocycles. The van der Waals surface area contributed by atoms with E-state index in [1.54, 1.807) is 0 Å². The fraction of sp³-hybridized carbons (Fsp3) is 1.00. The maximum Gasteiger partial charge on any atom is 0.0555 e. The molecule has 14 heavy (non-hydrogen) atoms. The molecule has 0 aromatic heterocycles. The van der Waals surface area contributed by atoms with Gasteiger partial charge in [-0.3, -0.25) is 0 Å². The lowest BCUT2D eigenvalue weighted by atomic mass is 9.92. The first-order chi connectivity index (χ1) is 6.79. The standard InChI is InChI=1S/C12H23NO/c1-2-10-6-7-13(9-10)11-4-3-5-12(14)8-11/h10-12,14H,2-9H2,1H3. The summed E-state index contributed by atoms with van der Waals surface area (Å²) >= 11 is 0. The summed E-state index contributed by atoms with van der Waals surface area (Å²) in [4.78, 5) is 2.62. The van der Waals surface area contributed by atoms with E-state index in [9.17, 15) is 5.11 Å². The number of hydrogen-bond donors (Lipinski definition) is 1. The smallest absolute Gasteiger partial charge is 0.0555 e. The van der Waals surface area contributed by atoms with Crippen LogP contribution in [-0.4, -0.2) is 35.2 Å². The molecule has 1 aliphatic heterocycles. The quantitative estimate of drug-likeness (QED) is 0.732. The normalized spacial score (nSPS) is 40.3. The van der Waals surface area contributed by atoms with E-state index in [1.807, 2.05) is 0 Å². The minimum atomic E-state index is -0.0190. The van der Waals surface area contributed by atoms with Gasteiger partial charge in [-0.25, -0.2) is 0 Å². The van der Waals surface area contributed by atoms with Crippen molar-refractivity contribution in [2.75, 3.05) is 13.1 Å². The van der Waals surface area contributed by atoms with Crippen molar-refractivity contribution < 1.29 is 5.11 Å². The predicted molar refractivity (Wildman–Crippen MR) is 58.2 cm³/mol. The van der Waals surface area contributed by atoms with Crippen molar-refractivity contribution in [3.8, 4) is 0 Å². The van der Waals surface area contributed by atoms with Gasteiger partial charge >= 0.3 is 0 Å². The van der Waals surface area contributed by atoms with Gasteiger partial charge < -0.3 is 10.0 Å². The van der Waals surface area contributed by atoms with Crippen LogP contribution in [-0.2, 0) is 0 Å². The topological polar surface area (TPSA) is 23.5 Å². The summed E-state index contributed by atoms with van der Waals surface area (Å²) in [6.07, 6.45) is 7.27. The number of aliphatic hydroxyl groups is 1. The van der Waals surface area contributed by atoms with Crippen LogP contribution in [0.15, 0.2) is 0 Å². The molecule has 2 aliphatic rings. The summed E-state index contributed by atoms with van der Waals surface area (Å²) in [6.45, 7) is 4.85. The third-order valence-electron chi connectivity index (χ3n) is 4.03. The van der Waals surface area contributed by atoms with Crippen LogP contribution in [0, 0.1) is 5.92 Å². The Labute approximate surface area is 87.3 Å². The minimum Gasteiger partial charge on any atom is -0.393 e. The second-order valence-electron chi connectivity index (χ2n) is 5.03. The highest BCUT2D eigenvalue weighted by Gasteiger charge is 2.30. The Bertz CT molecular complexity index is 183. The van der Waals surface area contributed by atoms with Crippen molar-refractivity contribution in [1.29, 1.82) is 0 Å². The fourth-order valence-corrected chi connectivity index (χ4v) is 3.00. The molecule has 0 spiro atoms. The van der Waals surface area contributed by atoms with Crippen LogP contribution in [0.25, 0.3) is 0 Å². The highest BCUT2D eigenvalue weighted by molar-refractivity contribution is 4.85. The highest BCUT2D eigenvalue weighted by Crippen LogP contribution is 2.28. The largest absolute Gasteiger partial charge is 0.393 e. The molecule has 1 N–H and O–H groups in total. The summed E-state index contributed by atoms with van der Waals surface area (Å²) in [5, 5.41) is 9.64. The molecule has 0 aromatic rings. The molecule has 1 heterocycles. The molecule has 2 nitrogen and oxygen atoms in total. The highest BCUT2D eigenvalue weighted by atomic mass is 16.3.